The lowest BCUT2D eigenvalue weighted by Crippen LogP contribution is -2.11. The van der Waals surface area contributed by atoms with Crippen molar-refractivity contribution in [2.24, 2.45) is 0 Å². The average molecular weight is 406 g/mol. The molecule has 0 N–H and O–H groups in total. The first-order valence-corrected chi connectivity index (χ1v) is 8.30. The minimum absolute atomic E-state index is 0.111. The smallest absolute Gasteiger partial charge is 0.357 e. The van der Waals surface area contributed by atoms with Gasteiger partial charge in [-0.3, -0.25) is 4.79 Å². The fourth-order valence-electron chi connectivity index (χ4n) is 2.44. The first-order valence-electron chi connectivity index (χ1n) is 7.93. The molecule has 1 heterocycles. The van der Waals surface area contributed by atoms with E-state index in [1.54, 1.807) is 30.3 Å². The molecule has 3 aromatic rings. The normalized spacial score (nSPS) is 10.6. The number of ether oxygens (including phenoxy) is 1. The zero-order chi connectivity index (χ0) is 20.3. The maximum atomic E-state index is 14.5. The van der Waals surface area contributed by atoms with Crippen molar-refractivity contribution in [2.45, 2.75) is 6.61 Å². The molecule has 4 nitrogen and oxygen atoms in total. The van der Waals surface area contributed by atoms with Crippen molar-refractivity contribution in [1.29, 1.82) is 0 Å². The van der Waals surface area contributed by atoms with E-state index in [2.05, 4.69) is 4.98 Å². The summed E-state index contributed by atoms with van der Waals surface area (Å²) in [5.41, 5.74) is -1.69. The monoisotopic (exact) mass is 405 g/mol. The highest BCUT2D eigenvalue weighted by atomic mass is 35.5. The first-order chi connectivity index (χ1) is 13.4. The summed E-state index contributed by atoms with van der Waals surface area (Å²) in [5, 5.41) is -0.199. The van der Waals surface area contributed by atoms with Gasteiger partial charge in [0.15, 0.2) is 23.6 Å². The number of halogens is 4. The summed E-state index contributed by atoms with van der Waals surface area (Å²) in [6.07, 6.45) is 0.146. The molecule has 8 heteroatoms. The van der Waals surface area contributed by atoms with Gasteiger partial charge in [0.25, 0.3) is 0 Å². The van der Waals surface area contributed by atoms with Crippen LogP contribution >= 0.6 is 11.6 Å². The van der Waals surface area contributed by atoms with Crippen LogP contribution < -0.4 is 0 Å². The van der Waals surface area contributed by atoms with Gasteiger partial charge in [0.05, 0.1) is 10.6 Å². The second kappa shape index (κ2) is 8.22. The van der Waals surface area contributed by atoms with E-state index < -0.39 is 45.9 Å². The van der Waals surface area contributed by atoms with Gasteiger partial charge in [-0.05, 0) is 17.7 Å². The Labute approximate surface area is 162 Å². The lowest BCUT2D eigenvalue weighted by atomic mass is 10.1. The fraction of sp³-hybridized carbons (Fsp3) is 0.0500. The third-order valence-electron chi connectivity index (χ3n) is 3.83. The third-order valence-corrected chi connectivity index (χ3v) is 4.16. The second-order valence-corrected chi connectivity index (χ2v) is 6.06. The molecular weight excluding hydrogens is 395 g/mol. The summed E-state index contributed by atoms with van der Waals surface area (Å²) in [6, 6.07) is 11.4. The van der Waals surface area contributed by atoms with Gasteiger partial charge in [-0.15, -0.1) is 0 Å². The van der Waals surface area contributed by atoms with E-state index in [-0.39, 0.29) is 17.9 Å². The number of nitrogens with zero attached hydrogens (tertiary/aromatic N) is 1. The van der Waals surface area contributed by atoms with Crippen molar-refractivity contribution >= 4 is 23.9 Å². The Kier molecular flexibility index (Phi) is 5.75. The summed E-state index contributed by atoms with van der Waals surface area (Å²) in [4.78, 5) is 26.9. The second-order valence-electron chi connectivity index (χ2n) is 5.65. The third kappa shape index (κ3) is 3.89. The molecule has 0 saturated heterocycles. The Bertz CT molecular complexity index is 1060. The lowest BCUT2D eigenvalue weighted by Gasteiger charge is -2.10. The molecule has 0 amide bonds. The zero-order valence-corrected chi connectivity index (χ0v) is 14.8. The van der Waals surface area contributed by atoms with Crippen molar-refractivity contribution in [1.82, 2.24) is 4.98 Å². The highest BCUT2D eigenvalue weighted by Gasteiger charge is 2.23. The van der Waals surface area contributed by atoms with Gasteiger partial charge in [-0.2, -0.15) is 0 Å². The number of pyridine rings is 1. The van der Waals surface area contributed by atoms with Crippen LogP contribution in [-0.2, 0) is 11.3 Å². The first kappa shape index (κ1) is 19.6. The van der Waals surface area contributed by atoms with Crippen LogP contribution in [-0.4, -0.2) is 17.2 Å². The summed E-state index contributed by atoms with van der Waals surface area (Å²) >= 11 is 5.71. The maximum Gasteiger partial charge on any atom is 0.357 e. The maximum absolute atomic E-state index is 14.5. The highest BCUT2D eigenvalue weighted by molar-refractivity contribution is 6.33. The van der Waals surface area contributed by atoms with Crippen molar-refractivity contribution in [3.05, 3.63) is 87.8 Å². The Hall–Kier alpha value is -3.19. The number of carbonyl (C=O) groups is 2. The largest absolute Gasteiger partial charge is 0.456 e. The Morgan fingerprint density at radius 1 is 1.07 bits per heavy atom. The summed E-state index contributed by atoms with van der Waals surface area (Å²) < 4.78 is 47.7. The van der Waals surface area contributed by atoms with Gasteiger partial charge in [-0.25, -0.2) is 22.9 Å². The predicted molar refractivity (Wildman–Crippen MR) is 95.5 cm³/mol. The standard InChI is InChI=1S/C20H11ClF3NO3/c21-14-7-6-12(17(23)13(14)9-26)19-18(24)15(22)8-16(25-19)20(27)28-10-11-4-2-1-3-5-11/h1-9H,10H2. The van der Waals surface area contributed by atoms with Crippen molar-refractivity contribution < 1.29 is 27.5 Å². The summed E-state index contributed by atoms with van der Waals surface area (Å²) in [6.45, 7) is -0.111. The number of carbonyl (C=O) groups excluding carboxylic acids is 2. The number of esters is 1. The molecule has 0 aliphatic carbocycles. The topological polar surface area (TPSA) is 56.3 Å². The van der Waals surface area contributed by atoms with E-state index in [0.717, 1.165) is 12.1 Å². The number of benzene rings is 2. The van der Waals surface area contributed by atoms with Crippen molar-refractivity contribution in [3.63, 3.8) is 0 Å². The lowest BCUT2D eigenvalue weighted by molar-refractivity contribution is 0.0465. The number of aldehydes is 1. The zero-order valence-electron chi connectivity index (χ0n) is 14.1. The van der Waals surface area contributed by atoms with Crippen LogP contribution in [0, 0.1) is 17.5 Å². The Morgan fingerprint density at radius 2 is 1.79 bits per heavy atom. The quantitative estimate of drug-likeness (QED) is 0.443. The highest BCUT2D eigenvalue weighted by Crippen LogP contribution is 2.30. The molecule has 0 spiro atoms. The number of aromatic nitrogens is 1. The van der Waals surface area contributed by atoms with Crippen LogP contribution in [0.25, 0.3) is 11.3 Å². The van der Waals surface area contributed by atoms with E-state index in [0.29, 0.717) is 11.6 Å². The van der Waals surface area contributed by atoms with E-state index in [1.807, 2.05) is 0 Å². The molecule has 0 unspecified atom stereocenters. The van der Waals surface area contributed by atoms with Gasteiger partial charge in [0.2, 0.25) is 0 Å². The van der Waals surface area contributed by atoms with E-state index in [4.69, 9.17) is 16.3 Å². The Morgan fingerprint density at radius 3 is 2.46 bits per heavy atom. The van der Waals surface area contributed by atoms with Crippen LogP contribution in [0.1, 0.15) is 26.4 Å². The fourth-order valence-corrected chi connectivity index (χ4v) is 2.63. The number of rotatable bonds is 5. The predicted octanol–water partition coefficient (Wildman–Crippen LogP) is 4.99. The molecule has 0 atom stereocenters. The molecular formula is C20H11ClF3NO3. The van der Waals surface area contributed by atoms with Gasteiger partial charge < -0.3 is 4.74 Å². The molecule has 28 heavy (non-hydrogen) atoms. The minimum atomic E-state index is -1.47. The van der Waals surface area contributed by atoms with Crippen molar-refractivity contribution in [2.75, 3.05) is 0 Å². The molecule has 0 aliphatic rings. The molecule has 3 rings (SSSR count). The van der Waals surface area contributed by atoms with Gasteiger partial charge in [0, 0.05) is 11.6 Å². The van der Waals surface area contributed by atoms with Crippen LogP contribution in [0.2, 0.25) is 5.02 Å². The minimum Gasteiger partial charge on any atom is -0.456 e. The van der Waals surface area contributed by atoms with E-state index >= 15 is 0 Å². The molecule has 142 valence electrons. The Balaban J connectivity index is 1.97. The molecule has 2 aromatic carbocycles. The van der Waals surface area contributed by atoms with Gasteiger partial charge in [0.1, 0.15) is 18.1 Å². The number of hydrogen-bond acceptors (Lipinski definition) is 4. The SMILES string of the molecule is O=Cc1c(Cl)ccc(-c2nc(C(=O)OCc3ccccc3)cc(F)c2F)c1F. The van der Waals surface area contributed by atoms with Crippen LogP contribution in [0.5, 0.6) is 0 Å². The summed E-state index contributed by atoms with van der Waals surface area (Å²) in [7, 11) is 0. The number of hydrogen-bond donors (Lipinski definition) is 0. The molecule has 0 saturated carbocycles. The van der Waals surface area contributed by atoms with Crippen LogP contribution in [0.4, 0.5) is 13.2 Å². The molecule has 0 fully saturated rings. The van der Waals surface area contributed by atoms with Gasteiger partial charge >= 0.3 is 5.97 Å². The van der Waals surface area contributed by atoms with Crippen LogP contribution in [0.3, 0.4) is 0 Å². The average Bonchev–Trinajstić information content (AvgIpc) is 2.70. The van der Waals surface area contributed by atoms with Crippen molar-refractivity contribution in [3.8, 4) is 11.3 Å². The van der Waals surface area contributed by atoms with E-state index in [9.17, 15) is 22.8 Å². The molecule has 0 radical (unpaired) electrons. The van der Waals surface area contributed by atoms with Gasteiger partial charge in [-0.1, -0.05) is 41.9 Å². The molecule has 1 aromatic heterocycles. The summed E-state index contributed by atoms with van der Waals surface area (Å²) in [5.74, 6) is -5.09. The van der Waals surface area contributed by atoms with Crippen LogP contribution in [0.15, 0.2) is 48.5 Å². The molecule has 0 aliphatic heterocycles. The van der Waals surface area contributed by atoms with E-state index in [1.165, 1.54) is 0 Å². The molecule has 0 bridgehead atoms.